The van der Waals surface area contributed by atoms with Crippen molar-refractivity contribution >= 4 is 39.5 Å². The number of amides is 2. The number of nitrogens with zero attached hydrogens (tertiary/aromatic N) is 2. The van der Waals surface area contributed by atoms with Crippen molar-refractivity contribution in [1.82, 2.24) is 10.6 Å². The van der Waals surface area contributed by atoms with Crippen LogP contribution in [0.15, 0.2) is 119 Å². The van der Waals surface area contributed by atoms with E-state index in [2.05, 4.69) is 128 Å². The van der Waals surface area contributed by atoms with Gasteiger partial charge in [-0.2, -0.15) is 13.0 Å². The van der Waals surface area contributed by atoms with Gasteiger partial charge in [0.15, 0.2) is 5.71 Å². The van der Waals surface area contributed by atoms with Gasteiger partial charge in [-0.1, -0.05) is 69.2 Å². The lowest BCUT2D eigenvalue weighted by Gasteiger charge is -2.27. The van der Waals surface area contributed by atoms with Gasteiger partial charge in [0.05, 0.1) is 10.3 Å². The molecule has 0 radical (unpaired) electrons. The second-order valence-corrected chi connectivity index (χ2v) is 19.9. The number of ether oxygens (including phenoxy) is 1. The van der Waals surface area contributed by atoms with Crippen LogP contribution in [0.4, 0.5) is 11.4 Å². The van der Waals surface area contributed by atoms with E-state index in [9.17, 15) is 22.6 Å². The number of benzene rings is 3. The fourth-order valence-corrected chi connectivity index (χ4v) is 9.85. The highest BCUT2D eigenvalue weighted by atomic mass is 32.2. The third-order valence-electron chi connectivity index (χ3n) is 13.0. The minimum absolute atomic E-state index is 0.0903. The Morgan fingerprint density at radius 1 is 0.859 bits per heavy atom. The average Bonchev–Trinajstić information content (AvgIpc) is 3.61. The first-order chi connectivity index (χ1) is 30.7. The lowest BCUT2D eigenvalue weighted by Crippen LogP contribution is -2.28. The van der Waals surface area contributed by atoms with Crippen LogP contribution >= 0.6 is 0 Å². The van der Waals surface area contributed by atoms with E-state index in [0.717, 1.165) is 107 Å². The van der Waals surface area contributed by atoms with E-state index in [4.69, 9.17) is 4.74 Å². The van der Waals surface area contributed by atoms with E-state index >= 15 is 0 Å². The van der Waals surface area contributed by atoms with E-state index in [1.54, 1.807) is 12.1 Å². The Balaban J connectivity index is 1.29. The summed E-state index contributed by atoms with van der Waals surface area (Å²) in [6.07, 6.45) is 20.4. The normalized spacial score (nSPS) is 18.0. The van der Waals surface area contributed by atoms with E-state index in [0.29, 0.717) is 25.3 Å². The summed E-state index contributed by atoms with van der Waals surface area (Å²) in [5, 5.41) is 5.72. The molecule has 0 aromatic heterocycles. The second-order valence-electron chi connectivity index (χ2n) is 18.5. The van der Waals surface area contributed by atoms with Crippen molar-refractivity contribution in [2.24, 2.45) is 0 Å². The molecule has 342 valence electrons. The largest absolute Gasteiger partial charge is 0.457 e. The van der Waals surface area contributed by atoms with E-state index < -0.39 is 10.1 Å². The first kappa shape index (κ1) is 48.2. The zero-order valence-corrected chi connectivity index (χ0v) is 39.7. The van der Waals surface area contributed by atoms with Crippen LogP contribution < -0.4 is 20.3 Å². The molecular formula is C53H69N4O6S+. The number of carbonyl (C=O) groups is 2. The minimum Gasteiger partial charge on any atom is -0.457 e. The molecule has 0 saturated heterocycles. The summed E-state index contributed by atoms with van der Waals surface area (Å²) in [6, 6.07) is 21.4. The zero-order chi connectivity index (χ0) is 45.9. The lowest BCUT2D eigenvalue weighted by atomic mass is 9.81. The molecule has 6 rings (SSSR count). The summed E-state index contributed by atoms with van der Waals surface area (Å²) in [4.78, 5) is 25.3. The lowest BCUT2D eigenvalue weighted by molar-refractivity contribution is -0.438. The Kier molecular flexibility index (Phi) is 16.3. The van der Waals surface area contributed by atoms with Crippen LogP contribution in [0.1, 0.15) is 128 Å². The van der Waals surface area contributed by atoms with Gasteiger partial charge in [0, 0.05) is 67.0 Å². The molecule has 2 heterocycles. The molecule has 0 bridgehead atoms. The van der Waals surface area contributed by atoms with Gasteiger partial charge < -0.3 is 20.3 Å². The summed E-state index contributed by atoms with van der Waals surface area (Å²) >= 11 is 0. The van der Waals surface area contributed by atoms with Gasteiger partial charge in [0.25, 0.3) is 10.1 Å². The van der Waals surface area contributed by atoms with Crippen LogP contribution in [0.25, 0.3) is 0 Å². The summed E-state index contributed by atoms with van der Waals surface area (Å²) in [5.41, 5.74) is 10.5. The van der Waals surface area contributed by atoms with Crippen molar-refractivity contribution in [2.75, 3.05) is 31.1 Å². The zero-order valence-electron chi connectivity index (χ0n) is 38.8. The molecule has 0 atom stereocenters. The highest BCUT2D eigenvalue weighted by Crippen LogP contribution is 2.48. The first-order valence-corrected chi connectivity index (χ1v) is 24.8. The Morgan fingerprint density at radius 3 is 2.36 bits per heavy atom. The molecule has 3 aliphatic rings. The summed E-state index contributed by atoms with van der Waals surface area (Å²) in [7, 11) is -4.36. The molecular weight excluding hydrogens is 821 g/mol. The molecule has 3 aromatic rings. The van der Waals surface area contributed by atoms with Crippen molar-refractivity contribution in [2.45, 2.75) is 134 Å². The van der Waals surface area contributed by atoms with Crippen LogP contribution in [-0.2, 0) is 30.5 Å². The molecule has 2 amide bonds. The number of rotatable bonds is 22. The highest BCUT2D eigenvalue weighted by Gasteiger charge is 2.44. The molecule has 0 unspecified atom stereocenters. The summed E-state index contributed by atoms with van der Waals surface area (Å²) in [5.74, 6) is 1.34. The number of unbranched alkanes of at least 4 members (excludes halogenated alkanes) is 5. The smallest absolute Gasteiger partial charge is 0.294 e. The Labute approximate surface area is 382 Å². The Hall–Kier alpha value is -5.26. The molecule has 10 nitrogen and oxygen atoms in total. The monoisotopic (exact) mass is 889 g/mol. The number of hydrogen-bond acceptors (Lipinski definition) is 6. The predicted octanol–water partition coefficient (Wildman–Crippen LogP) is 10.7. The van der Waals surface area contributed by atoms with E-state index in [1.807, 2.05) is 0 Å². The number of carbonyl (C=O) groups excluding carboxylic acids is 2. The molecule has 3 aromatic carbocycles. The predicted molar refractivity (Wildman–Crippen MR) is 258 cm³/mol. The number of fused-ring (bicyclic) bond motifs is 2. The summed E-state index contributed by atoms with van der Waals surface area (Å²) in [6.45, 7) is 16.7. The van der Waals surface area contributed by atoms with Gasteiger partial charge >= 0.3 is 0 Å². The van der Waals surface area contributed by atoms with Crippen LogP contribution in [0.3, 0.4) is 0 Å². The van der Waals surface area contributed by atoms with Gasteiger partial charge in [-0.15, -0.1) is 0 Å². The SMILES string of the molecule is CCCCN1/C(=C/C=C2\CCCC(/C=C/C3=[N+](CCCCCC(=O)NCCCCCNC=O)c4ccccc4C3(C)C)=C2Oc2ccc(S(=O)(=O)O)cc2)C(C)(C)c2cc(C)ccc21. The molecule has 11 heteroatoms. The number of hydrogen-bond donors (Lipinski definition) is 3. The number of allylic oxidation sites excluding steroid dienone is 7. The maximum Gasteiger partial charge on any atom is 0.294 e. The minimum atomic E-state index is -4.36. The van der Waals surface area contributed by atoms with Gasteiger partial charge in [-0.25, -0.2) is 0 Å². The molecule has 0 fully saturated rings. The maximum absolute atomic E-state index is 12.5. The van der Waals surface area contributed by atoms with Crippen molar-refractivity contribution in [3.63, 3.8) is 0 Å². The third-order valence-corrected chi connectivity index (χ3v) is 13.8. The maximum atomic E-state index is 12.5. The highest BCUT2D eigenvalue weighted by molar-refractivity contribution is 7.85. The molecule has 3 N–H and O–H groups in total. The Morgan fingerprint density at radius 2 is 1.61 bits per heavy atom. The van der Waals surface area contributed by atoms with Crippen molar-refractivity contribution < 1.29 is 31.9 Å². The van der Waals surface area contributed by atoms with Gasteiger partial charge in [-0.3, -0.25) is 14.1 Å². The average molecular weight is 890 g/mol. The van der Waals surface area contributed by atoms with Crippen molar-refractivity contribution in [3.8, 4) is 5.75 Å². The van der Waals surface area contributed by atoms with Gasteiger partial charge in [0.1, 0.15) is 18.1 Å². The van der Waals surface area contributed by atoms with Crippen molar-refractivity contribution in [1.29, 1.82) is 0 Å². The van der Waals surface area contributed by atoms with Crippen molar-refractivity contribution in [3.05, 3.63) is 130 Å². The van der Waals surface area contributed by atoms with E-state index in [1.165, 1.54) is 51.6 Å². The topological polar surface area (TPSA) is 128 Å². The number of para-hydroxylation sites is 1. The van der Waals surface area contributed by atoms with Crippen LogP contribution in [0, 0.1) is 6.92 Å². The molecule has 0 spiro atoms. The van der Waals surface area contributed by atoms with Crippen LogP contribution in [0.5, 0.6) is 5.75 Å². The fraction of sp³-hybridized carbons (Fsp3) is 0.453. The van der Waals surface area contributed by atoms with Gasteiger partial charge in [0.2, 0.25) is 18.0 Å². The standard InChI is InChI=1S/C53H68N4O6S/c1-7-8-35-56-47-30-23-39(2)37-45(47)53(5,6)49(56)32-25-41-19-17-18-40(51(41)63-42-26-28-43(29-27-42)64(60,61)62)24-31-48-52(3,4)44-20-12-13-21-46(44)57(48)36-16-9-11-22-50(59)55-34-15-10-14-33-54-38-58/h12-13,20-21,23-32,37-38H,7-11,14-19,22,33-36H2,1-6H3,(H2-,54,55,58,59,60,61,62)/p+1. The molecule has 2 aliphatic heterocycles. The fourth-order valence-electron chi connectivity index (χ4n) is 9.37. The van der Waals surface area contributed by atoms with E-state index in [-0.39, 0.29) is 21.6 Å². The van der Waals surface area contributed by atoms with Crippen LogP contribution in [0.2, 0.25) is 0 Å². The number of nitrogens with one attached hydrogen (secondary N) is 2. The molecule has 1 aliphatic carbocycles. The second kappa shape index (κ2) is 21.6. The third kappa shape index (κ3) is 11.5. The first-order valence-electron chi connectivity index (χ1n) is 23.3. The molecule has 0 saturated carbocycles. The van der Waals surface area contributed by atoms with Gasteiger partial charge in [-0.05, 0) is 138 Å². The quantitative estimate of drug-likeness (QED) is 0.0397. The number of anilines is 1. The number of aryl methyl sites for hydroxylation is 1. The molecule has 64 heavy (non-hydrogen) atoms. The summed E-state index contributed by atoms with van der Waals surface area (Å²) < 4.78 is 42.7. The Bertz CT molecular complexity index is 2420. The van der Waals surface area contributed by atoms with Crippen LogP contribution in [-0.4, -0.2) is 61.8 Å².